The van der Waals surface area contributed by atoms with Gasteiger partial charge in [0.05, 0.1) is 16.7 Å². The number of aryl methyl sites for hydroxylation is 1. The summed E-state index contributed by atoms with van der Waals surface area (Å²) in [6.45, 7) is 1.89. The molecule has 0 aliphatic heterocycles. The van der Waals surface area contributed by atoms with Crippen LogP contribution >= 0.6 is 15.9 Å². The van der Waals surface area contributed by atoms with E-state index >= 15 is 0 Å². The normalized spacial score (nSPS) is 10.2. The SMILES string of the molecule is Cc1ccc(Br)cc1Oc1cc(NN)cc([N+](=O)[O-])c1. The van der Waals surface area contributed by atoms with E-state index in [1.54, 1.807) is 12.1 Å². The van der Waals surface area contributed by atoms with E-state index in [0.717, 1.165) is 10.0 Å². The lowest BCUT2D eigenvalue weighted by Gasteiger charge is -2.10. The molecule has 0 saturated carbocycles. The number of halogens is 1. The third kappa shape index (κ3) is 3.25. The fourth-order valence-corrected chi connectivity index (χ4v) is 1.98. The van der Waals surface area contributed by atoms with Crippen LogP contribution in [0, 0.1) is 17.0 Å². The molecule has 2 aromatic rings. The second-order valence-electron chi connectivity index (χ2n) is 4.13. The first-order chi connectivity index (χ1) is 9.49. The first-order valence-corrected chi connectivity index (χ1v) is 6.49. The topological polar surface area (TPSA) is 90.4 Å². The van der Waals surface area contributed by atoms with Crippen LogP contribution in [-0.4, -0.2) is 4.92 Å². The molecule has 0 atom stereocenters. The zero-order chi connectivity index (χ0) is 14.7. The largest absolute Gasteiger partial charge is 0.457 e. The highest BCUT2D eigenvalue weighted by Gasteiger charge is 2.11. The minimum atomic E-state index is -0.499. The number of nitro benzene ring substituents is 1. The number of hydrogen-bond donors (Lipinski definition) is 2. The van der Waals surface area contributed by atoms with Gasteiger partial charge in [-0.15, -0.1) is 0 Å². The molecule has 0 aliphatic rings. The molecule has 0 heterocycles. The van der Waals surface area contributed by atoms with Crippen molar-refractivity contribution in [2.45, 2.75) is 6.92 Å². The molecule has 0 fully saturated rings. The molecule has 0 amide bonds. The number of nitrogens with zero attached hydrogens (tertiary/aromatic N) is 1. The molecule has 0 saturated heterocycles. The maximum absolute atomic E-state index is 10.9. The zero-order valence-corrected chi connectivity index (χ0v) is 12.2. The summed E-state index contributed by atoms with van der Waals surface area (Å²) in [6, 6.07) is 9.85. The summed E-state index contributed by atoms with van der Waals surface area (Å²) in [7, 11) is 0. The number of rotatable bonds is 4. The average Bonchev–Trinajstić information content (AvgIpc) is 2.42. The number of hydrazine groups is 1. The lowest BCUT2D eigenvalue weighted by atomic mass is 10.2. The fraction of sp³-hybridized carbons (Fsp3) is 0.0769. The summed E-state index contributed by atoms with van der Waals surface area (Å²) in [4.78, 5) is 10.4. The molecule has 20 heavy (non-hydrogen) atoms. The summed E-state index contributed by atoms with van der Waals surface area (Å²) < 4.78 is 6.56. The van der Waals surface area contributed by atoms with Crippen molar-refractivity contribution in [1.82, 2.24) is 0 Å². The summed E-state index contributed by atoms with van der Waals surface area (Å²) >= 11 is 3.35. The van der Waals surface area contributed by atoms with Crippen molar-refractivity contribution in [3.8, 4) is 11.5 Å². The Bertz CT molecular complexity index is 661. The van der Waals surface area contributed by atoms with Gasteiger partial charge in [0.15, 0.2) is 0 Å². The molecule has 0 radical (unpaired) electrons. The standard InChI is InChI=1S/C13H12BrN3O3/c1-8-2-3-9(14)4-13(8)20-12-6-10(16-15)5-11(7-12)17(18)19/h2-7,16H,15H2,1H3. The average molecular weight is 338 g/mol. The van der Waals surface area contributed by atoms with Gasteiger partial charge in [-0.2, -0.15) is 0 Å². The molecule has 0 aliphatic carbocycles. The summed E-state index contributed by atoms with van der Waals surface area (Å²) in [6.07, 6.45) is 0. The van der Waals surface area contributed by atoms with Gasteiger partial charge in [0, 0.05) is 16.6 Å². The number of anilines is 1. The number of nitrogens with two attached hydrogens (primary N) is 1. The third-order valence-corrected chi connectivity index (χ3v) is 3.14. The summed E-state index contributed by atoms with van der Waals surface area (Å²) in [5.74, 6) is 6.25. The molecule has 3 N–H and O–H groups in total. The van der Waals surface area contributed by atoms with E-state index in [9.17, 15) is 10.1 Å². The summed E-state index contributed by atoms with van der Waals surface area (Å²) in [5.41, 5.74) is 3.61. The van der Waals surface area contributed by atoms with E-state index in [4.69, 9.17) is 10.6 Å². The minimum Gasteiger partial charge on any atom is -0.457 e. The molecule has 6 nitrogen and oxygen atoms in total. The predicted octanol–water partition coefficient (Wildman–Crippen LogP) is 3.74. The first-order valence-electron chi connectivity index (χ1n) is 5.69. The highest BCUT2D eigenvalue weighted by Crippen LogP contribution is 2.32. The molecule has 0 spiro atoms. The highest BCUT2D eigenvalue weighted by molar-refractivity contribution is 9.10. The van der Waals surface area contributed by atoms with Crippen LogP contribution in [0.2, 0.25) is 0 Å². The number of hydrogen-bond acceptors (Lipinski definition) is 5. The van der Waals surface area contributed by atoms with Gasteiger partial charge in [0.25, 0.3) is 5.69 Å². The van der Waals surface area contributed by atoms with Crippen LogP contribution in [0.1, 0.15) is 5.56 Å². The van der Waals surface area contributed by atoms with E-state index in [1.165, 1.54) is 12.1 Å². The van der Waals surface area contributed by atoms with Crippen LogP contribution in [0.25, 0.3) is 0 Å². The number of benzene rings is 2. The second-order valence-corrected chi connectivity index (χ2v) is 5.04. The molecule has 0 bridgehead atoms. The van der Waals surface area contributed by atoms with Gasteiger partial charge >= 0.3 is 0 Å². The zero-order valence-electron chi connectivity index (χ0n) is 10.6. The van der Waals surface area contributed by atoms with Crippen LogP contribution in [0.15, 0.2) is 40.9 Å². The van der Waals surface area contributed by atoms with Crippen molar-refractivity contribution in [3.05, 3.63) is 56.5 Å². The van der Waals surface area contributed by atoms with Crippen LogP contribution in [0.5, 0.6) is 11.5 Å². The fourth-order valence-electron chi connectivity index (χ4n) is 1.64. The van der Waals surface area contributed by atoms with Crippen LogP contribution in [-0.2, 0) is 0 Å². The van der Waals surface area contributed by atoms with E-state index in [0.29, 0.717) is 17.2 Å². The van der Waals surface area contributed by atoms with Crippen molar-refractivity contribution < 1.29 is 9.66 Å². The maximum Gasteiger partial charge on any atom is 0.275 e. The molecular formula is C13H12BrN3O3. The minimum absolute atomic E-state index is 0.0944. The summed E-state index contributed by atoms with van der Waals surface area (Å²) in [5, 5.41) is 10.9. The van der Waals surface area contributed by atoms with Gasteiger partial charge in [0.1, 0.15) is 11.5 Å². The quantitative estimate of drug-likeness (QED) is 0.503. The van der Waals surface area contributed by atoms with Crippen LogP contribution in [0.4, 0.5) is 11.4 Å². The molecule has 0 unspecified atom stereocenters. The monoisotopic (exact) mass is 337 g/mol. The Balaban J connectivity index is 2.39. The number of ether oxygens (including phenoxy) is 1. The number of nitrogen functional groups attached to an aromatic ring is 1. The Morgan fingerprint density at radius 3 is 2.70 bits per heavy atom. The smallest absolute Gasteiger partial charge is 0.275 e. The molecule has 2 aromatic carbocycles. The first kappa shape index (κ1) is 14.3. The number of nitrogens with one attached hydrogen (secondary N) is 1. The molecule has 104 valence electrons. The van der Waals surface area contributed by atoms with E-state index in [1.807, 2.05) is 19.1 Å². The van der Waals surface area contributed by atoms with Gasteiger partial charge < -0.3 is 10.2 Å². The van der Waals surface area contributed by atoms with E-state index in [2.05, 4.69) is 21.4 Å². The van der Waals surface area contributed by atoms with Crippen molar-refractivity contribution in [2.75, 3.05) is 5.43 Å². The Morgan fingerprint density at radius 1 is 1.30 bits per heavy atom. The van der Waals surface area contributed by atoms with Gasteiger partial charge in [0.2, 0.25) is 0 Å². The lowest BCUT2D eigenvalue weighted by Crippen LogP contribution is -2.07. The number of nitro groups is 1. The molecular weight excluding hydrogens is 326 g/mol. The Kier molecular flexibility index (Phi) is 4.21. The van der Waals surface area contributed by atoms with Gasteiger partial charge in [-0.25, -0.2) is 0 Å². The van der Waals surface area contributed by atoms with Crippen molar-refractivity contribution in [3.63, 3.8) is 0 Å². The molecule has 0 aromatic heterocycles. The number of non-ortho nitro benzene ring substituents is 1. The Hall–Kier alpha value is -2.12. The molecule has 2 rings (SSSR count). The van der Waals surface area contributed by atoms with Gasteiger partial charge in [-0.3, -0.25) is 16.0 Å². The third-order valence-electron chi connectivity index (χ3n) is 2.65. The molecule has 7 heteroatoms. The van der Waals surface area contributed by atoms with Crippen molar-refractivity contribution in [2.24, 2.45) is 5.84 Å². The Labute approximate surface area is 123 Å². The Morgan fingerprint density at radius 2 is 2.05 bits per heavy atom. The predicted molar refractivity (Wildman–Crippen MR) is 79.9 cm³/mol. The highest BCUT2D eigenvalue weighted by atomic mass is 79.9. The van der Waals surface area contributed by atoms with Gasteiger partial charge in [-0.05, 0) is 24.6 Å². The lowest BCUT2D eigenvalue weighted by molar-refractivity contribution is -0.384. The van der Waals surface area contributed by atoms with Crippen LogP contribution in [0.3, 0.4) is 0 Å². The van der Waals surface area contributed by atoms with E-state index in [-0.39, 0.29) is 5.69 Å². The second kappa shape index (κ2) is 5.89. The maximum atomic E-state index is 10.9. The van der Waals surface area contributed by atoms with E-state index < -0.39 is 4.92 Å². The van der Waals surface area contributed by atoms with Gasteiger partial charge in [-0.1, -0.05) is 22.0 Å². The van der Waals surface area contributed by atoms with Crippen molar-refractivity contribution >= 4 is 27.3 Å². The van der Waals surface area contributed by atoms with Crippen molar-refractivity contribution in [1.29, 1.82) is 0 Å². The van der Waals surface area contributed by atoms with Crippen LogP contribution < -0.4 is 16.0 Å².